The van der Waals surface area contributed by atoms with Crippen LogP contribution >= 0.6 is 27.3 Å². The lowest BCUT2D eigenvalue weighted by Gasteiger charge is -2.08. The fourth-order valence-electron chi connectivity index (χ4n) is 1.73. The van der Waals surface area contributed by atoms with Crippen LogP contribution < -0.4 is 5.32 Å². The van der Waals surface area contributed by atoms with E-state index in [-0.39, 0.29) is 0 Å². The average Bonchev–Trinajstić information content (AvgIpc) is 2.75. The molecule has 0 aliphatic heterocycles. The molecule has 0 saturated carbocycles. The second-order valence-electron chi connectivity index (χ2n) is 3.90. The van der Waals surface area contributed by atoms with Crippen LogP contribution in [0.2, 0.25) is 0 Å². The highest BCUT2D eigenvalue weighted by Gasteiger charge is 2.04. The van der Waals surface area contributed by atoms with E-state index in [1.54, 1.807) is 11.3 Å². The summed E-state index contributed by atoms with van der Waals surface area (Å²) in [6.07, 6.45) is 2.91. The fraction of sp³-hybridized carbons (Fsp3) is 0.308. The van der Waals surface area contributed by atoms with Crippen LogP contribution in [0.25, 0.3) is 0 Å². The Hall–Kier alpha value is -0.870. The van der Waals surface area contributed by atoms with Crippen LogP contribution in [-0.4, -0.2) is 4.98 Å². The standard InChI is InChI=1S/C13H15BrN2S/c1-3-10-4-5-17-12(10)8-16-13-9(2)6-11(14)7-15-13/h4-7H,3,8H2,1-2H3,(H,15,16). The highest BCUT2D eigenvalue weighted by molar-refractivity contribution is 9.10. The molecule has 0 bridgehead atoms. The first kappa shape index (κ1) is 12.6. The van der Waals surface area contributed by atoms with Crippen molar-refractivity contribution in [2.45, 2.75) is 26.8 Å². The highest BCUT2D eigenvalue weighted by atomic mass is 79.9. The Bertz CT molecular complexity index is 508. The van der Waals surface area contributed by atoms with Crippen molar-refractivity contribution in [1.82, 2.24) is 4.98 Å². The SMILES string of the molecule is CCc1ccsc1CNc1ncc(Br)cc1C. The molecule has 1 N–H and O–H groups in total. The molecule has 0 radical (unpaired) electrons. The molecular weight excluding hydrogens is 296 g/mol. The molecule has 0 amide bonds. The fourth-order valence-corrected chi connectivity index (χ4v) is 3.09. The number of pyridine rings is 1. The smallest absolute Gasteiger partial charge is 0.129 e. The topological polar surface area (TPSA) is 24.9 Å². The zero-order valence-electron chi connectivity index (χ0n) is 9.96. The number of anilines is 1. The molecule has 0 atom stereocenters. The molecule has 2 nitrogen and oxygen atoms in total. The number of nitrogens with one attached hydrogen (secondary N) is 1. The molecule has 0 aromatic carbocycles. The van der Waals surface area contributed by atoms with Gasteiger partial charge in [0.15, 0.2) is 0 Å². The van der Waals surface area contributed by atoms with Crippen molar-refractivity contribution in [1.29, 1.82) is 0 Å². The van der Waals surface area contributed by atoms with Crippen LogP contribution in [0.1, 0.15) is 22.9 Å². The summed E-state index contributed by atoms with van der Waals surface area (Å²) < 4.78 is 1.02. The van der Waals surface area contributed by atoms with E-state index in [2.05, 4.69) is 57.6 Å². The lowest BCUT2D eigenvalue weighted by Crippen LogP contribution is -2.03. The molecule has 2 rings (SSSR count). The first-order valence-electron chi connectivity index (χ1n) is 5.62. The number of aryl methyl sites for hydroxylation is 2. The van der Waals surface area contributed by atoms with Crippen molar-refractivity contribution >= 4 is 33.1 Å². The number of thiophene rings is 1. The Balaban J connectivity index is 2.07. The molecule has 0 fully saturated rings. The normalized spacial score (nSPS) is 10.5. The van der Waals surface area contributed by atoms with Gasteiger partial charge >= 0.3 is 0 Å². The number of hydrogen-bond donors (Lipinski definition) is 1. The van der Waals surface area contributed by atoms with Crippen LogP contribution in [0, 0.1) is 6.92 Å². The maximum Gasteiger partial charge on any atom is 0.129 e. The van der Waals surface area contributed by atoms with Gasteiger partial charge in [0.25, 0.3) is 0 Å². The van der Waals surface area contributed by atoms with E-state index in [0.717, 1.165) is 28.8 Å². The monoisotopic (exact) mass is 310 g/mol. The van der Waals surface area contributed by atoms with Crippen LogP contribution in [0.3, 0.4) is 0 Å². The second kappa shape index (κ2) is 5.65. The van der Waals surface area contributed by atoms with E-state index < -0.39 is 0 Å². The van der Waals surface area contributed by atoms with Gasteiger partial charge in [-0.15, -0.1) is 11.3 Å². The Morgan fingerprint density at radius 3 is 3.00 bits per heavy atom. The van der Waals surface area contributed by atoms with E-state index in [1.165, 1.54) is 10.4 Å². The molecule has 0 unspecified atom stereocenters. The number of halogens is 1. The molecule has 0 aliphatic carbocycles. The van der Waals surface area contributed by atoms with Crippen LogP contribution in [0.4, 0.5) is 5.82 Å². The Morgan fingerprint density at radius 1 is 1.47 bits per heavy atom. The highest BCUT2D eigenvalue weighted by Crippen LogP contribution is 2.21. The predicted octanol–water partition coefficient (Wildman–Crippen LogP) is 4.39. The van der Waals surface area contributed by atoms with Crippen LogP contribution in [0.5, 0.6) is 0 Å². The first-order valence-corrected chi connectivity index (χ1v) is 7.29. The molecule has 2 aromatic rings. The predicted molar refractivity (Wildman–Crippen MR) is 77.7 cm³/mol. The zero-order chi connectivity index (χ0) is 12.3. The summed E-state index contributed by atoms with van der Waals surface area (Å²) in [7, 11) is 0. The molecule has 0 saturated heterocycles. The average molecular weight is 311 g/mol. The lowest BCUT2D eigenvalue weighted by atomic mass is 10.2. The van der Waals surface area contributed by atoms with Crippen molar-refractivity contribution in [2.75, 3.05) is 5.32 Å². The molecule has 0 aliphatic rings. The summed E-state index contributed by atoms with van der Waals surface area (Å²) in [5, 5.41) is 5.55. The number of hydrogen-bond acceptors (Lipinski definition) is 3. The minimum absolute atomic E-state index is 0.857. The minimum atomic E-state index is 0.857. The van der Waals surface area contributed by atoms with Crippen LogP contribution in [0.15, 0.2) is 28.2 Å². The summed E-state index contributed by atoms with van der Waals surface area (Å²) in [5.74, 6) is 0.962. The van der Waals surface area contributed by atoms with Gasteiger partial charge in [-0.25, -0.2) is 4.98 Å². The second-order valence-corrected chi connectivity index (χ2v) is 5.81. The van der Waals surface area contributed by atoms with Gasteiger partial charge in [0, 0.05) is 15.5 Å². The minimum Gasteiger partial charge on any atom is -0.365 e. The molecule has 0 spiro atoms. The van der Waals surface area contributed by atoms with Crippen LogP contribution in [-0.2, 0) is 13.0 Å². The van der Waals surface area contributed by atoms with Gasteiger partial charge in [-0.1, -0.05) is 6.92 Å². The molecular formula is C13H15BrN2S. The van der Waals surface area contributed by atoms with E-state index in [9.17, 15) is 0 Å². The summed E-state index contributed by atoms with van der Waals surface area (Å²) in [5.41, 5.74) is 2.59. The summed E-state index contributed by atoms with van der Waals surface area (Å²) >= 11 is 5.22. The van der Waals surface area contributed by atoms with Gasteiger partial charge in [0.2, 0.25) is 0 Å². The Labute approximate surface area is 114 Å². The van der Waals surface area contributed by atoms with E-state index in [4.69, 9.17) is 0 Å². The number of nitrogens with zero attached hydrogens (tertiary/aromatic N) is 1. The molecule has 17 heavy (non-hydrogen) atoms. The Kier molecular flexibility index (Phi) is 4.18. The van der Waals surface area contributed by atoms with Gasteiger partial charge in [0.1, 0.15) is 5.82 Å². The van der Waals surface area contributed by atoms with E-state index in [0.29, 0.717) is 0 Å². The molecule has 2 aromatic heterocycles. The third-order valence-electron chi connectivity index (χ3n) is 2.68. The van der Waals surface area contributed by atoms with Crippen molar-refractivity contribution in [2.24, 2.45) is 0 Å². The summed E-state index contributed by atoms with van der Waals surface area (Å²) in [6.45, 7) is 5.11. The lowest BCUT2D eigenvalue weighted by molar-refractivity contribution is 1.06. The Morgan fingerprint density at radius 2 is 2.29 bits per heavy atom. The maximum atomic E-state index is 4.38. The van der Waals surface area contributed by atoms with Gasteiger partial charge in [-0.3, -0.25) is 0 Å². The third-order valence-corrected chi connectivity index (χ3v) is 4.08. The summed E-state index contributed by atoms with van der Waals surface area (Å²) in [6, 6.07) is 4.27. The first-order chi connectivity index (χ1) is 8.20. The number of aromatic nitrogens is 1. The van der Waals surface area contributed by atoms with Crippen molar-refractivity contribution in [3.05, 3.63) is 44.2 Å². The molecule has 4 heteroatoms. The van der Waals surface area contributed by atoms with Gasteiger partial charge in [0.05, 0.1) is 6.54 Å². The molecule has 90 valence electrons. The summed E-state index contributed by atoms with van der Waals surface area (Å²) in [4.78, 5) is 5.78. The van der Waals surface area contributed by atoms with Crippen molar-refractivity contribution < 1.29 is 0 Å². The van der Waals surface area contributed by atoms with Gasteiger partial charge in [-0.2, -0.15) is 0 Å². The maximum absolute atomic E-state index is 4.38. The van der Waals surface area contributed by atoms with Gasteiger partial charge < -0.3 is 5.32 Å². The molecule has 2 heterocycles. The van der Waals surface area contributed by atoms with E-state index >= 15 is 0 Å². The van der Waals surface area contributed by atoms with Crippen molar-refractivity contribution in [3.8, 4) is 0 Å². The van der Waals surface area contributed by atoms with E-state index in [1.807, 2.05) is 6.20 Å². The quantitative estimate of drug-likeness (QED) is 0.906. The number of rotatable bonds is 4. The van der Waals surface area contributed by atoms with Gasteiger partial charge in [-0.05, 0) is 57.9 Å². The third kappa shape index (κ3) is 3.07. The van der Waals surface area contributed by atoms with Crippen molar-refractivity contribution in [3.63, 3.8) is 0 Å². The largest absolute Gasteiger partial charge is 0.365 e. The zero-order valence-corrected chi connectivity index (χ0v) is 12.4.